The van der Waals surface area contributed by atoms with Gasteiger partial charge >= 0.3 is 0 Å². The molecule has 2 amide bonds. The van der Waals surface area contributed by atoms with E-state index in [1.807, 2.05) is 24.3 Å². The fraction of sp³-hybridized carbons (Fsp3) is 0.529. The first kappa shape index (κ1) is 14.9. The minimum atomic E-state index is -0.115. The van der Waals surface area contributed by atoms with Crippen LogP contribution >= 0.6 is 0 Å². The average molecular weight is 302 g/mol. The van der Waals surface area contributed by atoms with Crippen molar-refractivity contribution in [2.75, 3.05) is 19.1 Å². The number of hydrogen-bond donors (Lipinski definition) is 1. The number of rotatable bonds is 4. The normalized spacial score (nSPS) is 27.7. The van der Waals surface area contributed by atoms with Gasteiger partial charge in [-0.25, -0.2) is 0 Å². The van der Waals surface area contributed by atoms with E-state index in [2.05, 4.69) is 12.2 Å². The molecule has 3 rings (SSSR count). The van der Waals surface area contributed by atoms with E-state index in [0.29, 0.717) is 11.7 Å². The zero-order valence-electron chi connectivity index (χ0n) is 13.0. The Labute approximate surface area is 130 Å². The average Bonchev–Trinajstić information content (AvgIpc) is 2.76. The van der Waals surface area contributed by atoms with Crippen molar-refractivity contribution < 1.29 is 14.3 Å². The van der Waals surface area contributed by atoms with Gasteiger partial charge in [0, 0.05) is 0 Å². The van der Waals surface area contributed by atoms with Crippen molar-refractivity contribution in [3.8, 4) is 5.75 Å². The molecule has 1 aliphatic heterocycles. The molecule has 0 radical (unpaired) electrons. The first-order valence-electron chi connectivity index (χ1n) is 7.84. The number of amides is 2. The van der Waals surface area contributed by atoms with Gasteiger partial charge in [-0.3, -0.25) is 14.5 Å². The highest BCUT2D eigenvalue weighted by molar-refractivity contribution is 6.05. The molecule has 22 heavy (non-hydrogen) atoms. The lowest BCUT2D eigenvalue weighted by Crippen LogP contribution is -2.35. The number of likely N-dealkylation sites (tertiary alicyclic amines) is 1. The van der Waals surface area contributed by atoms with Gasteiger partial charge in [-0.15, -0.1) is 0 Å². The number of hydrogen-bond acceptors (Lipinski definition) is 4. The summed E-state index contributed by atoms with van der Waals surface area (Å²) >= 11 is 0. The third-order valence-electron chi connectivity index (χ3n) is 4.81. The van der Waals surface area contributed by atoms with Crippen LogP contribution < -0.4 is 10.1 Å². The highest BCUT2D eigenvalue weighted by Crippen LogP contribution is 2.40. The molecular formula is C17H22N2O3. The molecule has 1 aromatic carbocycles. The van der Waals surface area contributed by atoms with Crippen molar-refractivity contribution in [1.29, 1.82) is 0 Å². The van der Waals surface area contributed by atoms with Crippen molar-refractivity contribution in [3.05, 3.63) is 24.3 Å². The van der Waals surface area contributed by atoms with Crippen LogP contribution in [0.1, 0.15) is 26.2 Å². The Kier molecular flexibility index (Phi) is 4.05. The Morgan fingerprint density at radius 2 is 1.91 bits per heavy atom. The molecule has 0 spiro atoms. The number of nitrogens with zero attached hydrogens (tertiary/aromatic N) is 1. The molecule has 0 aromatic heterocycles. The van der Waals surface area contributed by atoms with Crippen molar-refractivity contribution >= 4 is 17.5 Å². The van der Waals surface area contributed by atoms with E-state index in [1.54, 1.807) is 7.11 Å². The third-order valence-corrected chi connectivity index (χ3v) is 4.81. The van der Waals surface area contributed by atoms with Crippen LogP contribution in [0.15, 0.2) is 24.3 Å². The lowest BCUT2D eigenvalue weighted by Gasteiger charge is -2.25. The molecule has 1 N–H and O–H groups in total. The fourth-order valence-electron chi connectivity index (χ4n) is 3.57. The number of anilines is 1. The molecule has 1 saturated carbocycles. The van der Waals surface area contributed by atoms with Crippen LogP contribution in [0.4, 0.5) is 5.69 Å². The highest BCUT2D eigenvalue weighted by Gasteiger charge is 2.49. The van der Waals surface area contributed by atoms with Crippen LogP contribution in [0.2, 0.25) is 0 Å². The zero-order valence-corrected chi connectivity index (χ0v) is 13.0. The number of imide groups is 1. The summed E-state index contributed by atoms with van der Waals surface area (Å²) < 4.78 is 5.27. The fourth-order valence-corrected chi connectivity index (χ4v) is 3.57. The summed E-state index contributed by atoms with van der Waals surface area (Å²) in [6, 6.07) is 7.49. The third kappa shape index (κ3) is 2.56. The summed E-state index contributed by atoms with van der Waals surface area (Å²) in [7, 11) is 1.60. The first-order chi connectivity index (χ1) is 10.6. The van der Waals surface area contributed by atoms with E-state index in [4.69, 9.17) is 4.74 Å². The molecule has 118 valence electrons. The largest absolute Gasteiger partial charge is 0.495 e. The van der Waals surface area contributed by atoms with E-state index in [-0.39, 0.29) is 30.3 Å². The maximum atomic E-state index is 12.5. The van der Waals surface area contributed by atoms with Gasteiger partial charge < -0.3 is 10.1 Å². The van der Waals surface area contributed by atoms with Gasteiger partial charge in [-0.2, -0.15) is 0 Å². The predicted molar refractivity (Wildman–Crippen MR) is 83.3 cm³/mol. The van der Waals surface area contributed by atoms with Crippen LogP contribution in [-0.2, 0) is 9.59 Å². The van der Waals surface area contributed by atoms with E-state index in [0.717, 1.165) is 24.9 Å². The topological polar surface area (TPSA) is 58.6 Å². The van der Waals surface area contributed by atoms with E-state index >= 15 is 0 Å². The second-order valence-corrected chi connectivity index (χ2v) is 6.27. The molecule has 5 nitrogen and oxygen atoms in total. The Morgan fingerprint density at radius 3 is 2.68 bits per heavy atom. The van der Waals surface area contributed by atoms with Crippen LogP contribution in [0.3, 0.4) is 0 Å². The van der Waals surface area contributed by atoms with Gasteiger partial charge in [0.2, 0.25) is 11.8 Å². The first-order valence-corrected chi connectivity index (χ1v) is 7.84. The Bertz CT molecular complexity index is 587. The highest BCUT2D eigenvalue weighted by atomic mass is 16.5. The summed E-state index contributed by atoms with van der Waals surface area (Å²) in [5, 5.41) is 3.15. The molecule has 3 atom stereocenters. The Hall–Kier alpha value is -2.04. The van der Waals surface area contributed by atoms with Gasteiger partial charge in [0.15, 0.2) is 0 Å². The molecule has 3 unspecified atom stereocenters. The van der Waals surface area contributed by atoms with Crippen LogP contribution in [-0.4, -0.2) is 30.5 Å². The van der Waals surface area contributed by atoms with Crippen LogP contribution in [0.5, 0.6) is 5.75 Å². The predicted octanol–water partition coefficient (Wildman–Crippen LogP) is 2.49. The number of nitrogens with one attached hydrogen (secondary N) is 1. The summed E-state index contributed by atoms with van der Waals surface area (Å²) in [6.45, 7) is 2.36. The van der Waals surface area contributed by atoms with Gasteiger partial charge in [0.1, 0.15) is 5.75 Å². The smallest absolute Gasteiger partial charge is 0.234 e. The monoisotopic (exact) mass is 302 g/mol. The van der Waals surface area contributed by atoms with Crippen molar-refractivity contribution in [3.63, 3.8) is 0 Å². The number of fused-ring (bicyclic) bond motifs is 1. The molecule has 5 heteroatoms. The van der Waals surface area contributed by atoms with E-state index < -0.39 is 0 Å². The number of para-hydroxylation sites is 2. The number of ether oxygens (including phenoxy) is 1. The second kappa shape index (κ2) is 5.99. The summed E-state index contributed by atoms with van der Waals surface area (Å²) in [5.41, 5.74) is 0.786. The minimum absolute atomic E-state index is 0.0238. The maximum absolute atomic E-state index is 12.5. The molecule has 1 aliphatic carbocycles. The molecule has 0 bridgehead atoms. The van der Waals surface area contributed by atoms with Crippen molar-refractivity contribution in [2.24, 2.45) is 17.8 Å². The maximum Gasteiger partial charge on any atom is 0.234 e. The van der Waals surface area contributed by atoms with E-state index in [9.17, 15) is 9.59 Å². The standard InChI is InChI=1S/C17H22N2O3/c1-11-7-8-12-13(9-11)17(21)19(16(12)20)10-18-14-5-3-4-6-15(14)22-2/h3-6,11-13,18H,7-10H2,1-2H3. The van der Waals surface area contributed by atoms with Gasteiger partial charge in [-0.1, -0.05) is 19.1 Å². The quantitative estimate of drug-likeness (QED) is 0.868. The zero-order chi connectivity index (χ0) is 15.7. The molecule has 2 aliphatic rings. The lowest BCUT2D eigenvalue weighted by atomic mass is 9.76. The molecule has 1 aromatic rings. The lowest BCUT2D eigenvalue weighted by molar-refractivity contribution is -0.139. The Morgan fingerprint density at radius 1 is 1.18 bits per heavy atom. The van der Waals surface area contributed by atoms with E-state index in [1.165, 1.54) is 4.90 Å². The summed E-state index contributed by atoms with van der Waals surface area (Å²) in [6.07, 6.45) is 2.70. The minimum Gasteiger partial charge on any atom is -0.495 e. The number of carbonyl (C=O) groups is 2. The number of methoxy groups -OCH3 is 1. The summed E-state index contributed by atoms with van der Waals surface area (Å²) in [4.78, 5) is 26.3. The van der Waals surface area contributed by atoms with Gasteiger partial charge in [-0.05, 0) is 37.3 Å². The van der Waals surface area contributed by atoms with Crippen LogP contribution in [0.25, 0.3) is 0 Å². The SMILES string of the molecule is COc1ccccc1NCN1C(=O)C2CCC(C)CC2C1=O. The molecule has 2 fully saturated rings. The van der Waals surface area contributed by atoms with Gasteiger partial charge in [0.25, 0.3) is 0 Å². The summed E-state index contributed by atoms with van der Waals surface area (Å²) in [5.74, 6) is 0.958. The number of benzene rings is 1. The van der Waals surface area contributed by atoms with Crippen LogP contribution in [0, 0.1) is 17.8 Å². The molecular weight excluding hydrogens is 280 g/mol. The number of carbonyl (C=O) groups excluding carboxylic acids is 2. The molecule has 1 saturated heterocycles. The van der Waals surface area contributed by atoms with Crippen molar-refractivity contribution in [1.82, 2.24) is 4.90 Å². The molecule has 1 heterocycles. The van der Waals surface area contributed by atoms with Crippen molar-refractivity contribution in [2.45, 2.75) is 26.2 Å². The van der Waals surface area contributed by atoms with Gasteiger partial charge in [0.05, 0.1) is 31.3 Å². The Balaban J connectivity index is 1.70. The second-order valence-electron chi connectivity index (χ2n) is 6.27.